The highest BCUT2D eigenvalue weighted by atomic mass is 16.6. The van der Waals surface area contributed by atoms with E-state index in [9.17, 15) is 9.59 Å². The van der Waals surface area contributed by atoms with E-state index in [2.05, 4.69) is 4.74 Å². The summed E-state index contributed by atoms with van der Waals surface area (Å²) in [5.41, 5.74) is -0.136. The number of ether oxygens (including phenoxy) is 3. The van der Waals surface area contributed by atoms with Gasteiger partial charge in [0.15, 0.2) is 12.4 Å². The van der Waals surface area contributed by atoms with Crippen molar-refractivity contribution in [1.82, 2.24) is 0 Å². The second-order valence-corrected chi connectivity index (χ2v) is 4.80. The Bertz CT molecular complexity index is 299. The maximum Gasteiger partial charge on any atom is 0.306 e. The van der Waals surface area contributed by atoms with Gasteiger partial charge in [-0.15, -0.1) is 0 Å². The van der Waals surface area contributed by atoms with Crippen molar-refractivity contribution in [3.63, 3.8) is 0 Å². The van der Waals surface area contributed by atoms with Gasteiger partial charge in [-0.25, -0.2) is 0 Å². The fourth-order valence-electron chi connectivity index (χ4n) is 1.02. The van der Waals surface area contributed by atoms with Gasteiger partial charge in [-0.05, 0) is 12.3 Å². The first kappa shape index (κ1) is 19.8. The van der Waals surface area contributed by atoms with Crippen molar-refractivity contribution in [3.05, 3.63) is 11.5 Å². The first-order valence-electron chi connectivity index (χ1n) is 6.30. The molecular formula is C14H26O5. The van der Waals surface area contributed by atoms with Crippen LogP contribution in [-0.2, 0) is 23.8 Å². The molecule has 5 nitrogen and oxygen atoms in total. The van der Waals surface area contributed by atoms with Gasteiger partial charge in [0.25, 0.3) is 6.47 Å². The molecule has 0 heterocycles. The second kappa shape index (κ2) is 10.4. The lowest BCUT2D eigenvalue weighted by molar-refractivity contribution is -0.147. The number of carbonyl (C=O) groups excluding carboxylic acids is 2. The lowest BCUT2D eigenvalue weighted by atomic mass is 9.92. The van der Waals surface area contributed by atoms with Crippen molar-refractivity contribution >= 4 is 12.4 Å². The molecule has 0 saturated carbocycles. The summed E-state index contributed by atoms with van der Waals surface area (Å²) in [6.07, 6.45) is 0.299. The van der Waals surface area contributed by atoms with Crippen LogP contribution in [0.25, 0.3) is 0 Å². The quantitative estimate of drug-likeness (QED) is 0.423. The van der Waals surface area contributed by atoms with Crippen molar-refractivity contribution in [1.29, 1.82) is 0 Å². The van der Waals surface area contributed by atoms with Gasteiger partial charge in [-0.3, -0.25) is 9.59 Å². The van der Waals surface area contributed by atoms with E-state index in [4.69, 9.17) is 9.47 Å². The molecule has 0 radical (unpaired) electrons. The van der Waals surface area contributed by atoms with E-state index in [1.54, 1.807) is 6.92 Å². The van der Waals surface area contributed by atoms with Crippen LogP contribution in [0.5, 0.6) is 0 Å². The lowest BCUT2D eigenvalue weighted by Crippen LogP contribution is -2.17. The Hall–Kier alpha value is -1.52. The molecular weight excluding hydrogens is 248 g/mol. The van der Waals surface area contributed by atoms with Gasteiger partial charge in [0, 0.05) is 0 Å². The van der Waals surface area contributed by atoms with E-state index in [0.717, 1.165) is 0 Å². The smallest absolute Gasteiger partial charge is 0.306 e. The molecule has 112 valence electrons. The first-order valence-corrected chi connectivity index (χ1v) is 6.30. The molecule has 19 heavy (non-hydrogen) atoms. The second-order valence-electron chi connectivity index (χ2n) is 4.80. The minimum atomic E-state index is -0.339. The highest BCUT2D eigenvalue weighted by Gasteiger charge is 2.18. The zero-order valence-electron chi connectivity index (χ0n) is 13.0. The number of methoxy groups -OCH3 is 1. The minimum Gasteiger partial charge on any atom is -0.498 e. The van der Waals surface area contributed by atoms with E-state index >= 15 is 0 Å². The molecule has 0 aromatic rings. The van der Waals surface area contributed by atoms with Crippen molar-refractivity contribution in [2.24, 2.45) is 5.41 Å². The monoisotopic (exact) mass is 274 g/mol. The molecule has 0 rings (SSSR count). The highest BCUT2D eigenvalue weighted by molar-refractivity contribution is 5.70. The molecule has 0 aromatic heterocycles. The van der Waals surface area contributed by atoms with E-state index < -0.39 is 0 Å². The molecule has 0 unspecified atom stereocenters. The van der Waals surface area contributed by atoms with Gasteiger partial charge >= 0.3 is 5.97 Å². The van der Waals surface area contributed by atoms with Crippen LogP contribution >= 0.6 is 0 Å². The van der Waals surface area contributed by atoms with Gasteiger partial charge < -0.3 is 14.2 Å². The molecule has 0 aliphatic rings. The summed E-state index contributed by atoms with van der Waals surface area (Å²) in [7, 11) is 1.44. The summed E-state index contributed by atoms with van der Waals surface area (Å²) >= 11 is 0. The van der Waals surface area contributed by atoms with E-state index in [1.807, 2.05) is 34.6 Å². The van der Waals surface area contributed by atoms with Crippen LogP contribution in [0.2, 0.25) is 0 Å². The Morgan fingerprint density at radius 3 is 2.11 bits per heavy atom. The van der Waals surface area contributed by atoms with Crippen molar-refractivity contribution < 1.29 is 23.8 Å². The van der Waals surface area contributed by atoms with Crippen LogP contribution in [0.4, 0.5) is 0 Å². The predicted molar refractivity (Wildman–Crippen MR) is 73.2 cm³/mol. The fourth-order valence-corrected chi connectivity index (χ4v) is 1.02. The molecule has 0 amide bonds. The molecule has 0 bridgehead atoms. The van der Waals surface area contributed by atoms with Crippen LogP contribution in [-0.4, -0.2) is 26.2 Å². The summed E-state index contributed by atoms with van der Waals surface area (Å²) in [4.78, 5) is 21.7. The standard InChI is InChI=1S/C12H20O5.C2H6/c1-9(15-5)10(17-8-13)7-16-11(14)6-12(2,3)4;1-2/h8H,6-7H2,1-5H3;1-2H3/b10-9-;. The number of hydrogen-bond acceptors (Lipinski definition) is 5. The Balaban J connectivity index is 0. The largest absolute Gasteiger partial charge is 0.498 e. The normalized spacial score (nSPS) is 11.5. The molecule has 0 aromatic carbocycles. The predicted octanol–water partition coefficient (Wildman–Crippen LogP) is 3.04. The third kappa shape index (κ3) is 11.3. The van der Waals surface area contributed by atoms with Crippen LogP contribution in [0.15, 0.2) is 11.5 Å². The molecule has 0 saturated heterocycles. The topological polar surface area (TPSA) is 61.8 Å². The molecule has 0 aliphatic heterocycles. The maximum absolute atomic E-state index is 11.4. The fraction of sp³-hybridized carbons (Fsp3) is 0.714. The summed E-state index contributed by atoms with van der Waals surface area (Å²) in [5.74, 6) is 0.263. The van der Waals surface area contributed by atoms with Gasteiger partial charge in [0.1, 0.15) is 5.76 Å². The first-order chi connectivity index (χ1) is 8.80. The van der Waals surface area contributed by atoms with Gasteiger partial charge in [-0.1, -0.05) is 34.6 Å². The van der Waals surface area contributed by atoms with Crippen LogP contribution in [0.1, 0.15) is 48.0 Å². The van der Waals surface area contributed by atoms with Gasteiger partial charge in [0.05, 0.1) is 13.5 Å². The maximum atomic E-state index is 11.4. The number of carbonyl (C=O) groups is 2. The van der Waals surface area contributed by atoms with E-state index in [-0.39, 0.29) is 30.2 Å². The van der Waals surface area contributed by atoms with E-state index in [0.29, 0.717) is 12.2 Å². The number of esters is 1. The summed E-state index contributed by atoms with van der Waals surface area (Å²) in [6.45, 7) is 11.6. The van der Waals surface area contributed by atoms with Crippen molar-refractivity contribution in [3.8, 4) is 0 Å². The molecule has 5 heteroatoms. The molecule has 0 spiro atoms. The lowest BCUT2D eigenvalue weighted by Gasteiger charge is -2.17. The van der Waals surface area contributed by atoms with Crippen molar-refractivity contribution in [2.45, 2.75) is 48.0 Å². The van der Waals surface area contributed by atoms with Crippen LogP contribution in [0, 0.1) is 5.41 Å². The van der Waals surface area contributed by atoms with Crippen LogP contribution < -0.4 is 0 Å². The molecule has 0 fully saturated rings. The zero-order chi connectivity index (χ0) is 15.5. The Morgan fingerprint density at radius 1 is 1.21 bits per heavy atom. The summed E-state index contributed by atoms with van der Waals surface area (Å²) < 4.78 is 14.6. The summed E-state index contributed by atoms with van der Waals surface area (Å²) in [5, 5.41) is 0. The Morgan fingerprint density at radius 2 is 1.74 bits per heavy atom. The highest BCUT2D eigenvalue weighted by Crippen LogP contribution is 2.19. The SMILES string of the molecule is CC.CO/C(C)=C(/COC(=O)CC(C)(C)C)OC=O. The van der Waals surface area contributed by atoms with Crippen molar-refractivity contribution in [2.75, 3.05) is 13.7 Å². The zero-order valence-corrected chi connectivity index (χ0v) is 13.0. The van der Waals surface area contributed by atoms with Gasteiger partial charge in [-0.2, -0.15) is 0 Å². The molecule has 0 aliphatic carbocycles. The average molecular weight is 274 g/mol. The Labute approximate surface area is 115 Å². The van der Waals surface area contributed by atoms with Crippen LogP contribution in [0.3, 0.4) is 0 Å². The van der Waals surface area contributed by atoms with Gasteiger partial charge in [0.2, 0.25) is 0 Å². The number of hydrogen-bond donors (Lipinski definition) is 0. The number of allylic oxidation sites excluding steroid dienone is 1. The molecule has 0 N–H and O–H groups in total. The molecule has 0 atom stereocenters. The minimum absolute atomic E-state index is 0.104. The van der Waals surface area contributed by atoms with E-state index in [1.165, 1.54) is 7.11 Å². The number of rotatable bonds is 6. The Kier molecular flexibility index (Phi) is 10.9. The third-order valence-corrected chi connectivity index (χ3v) is 1.93. The average Bonchev–Trinajstić information content (AvgIpc) is 2.34. The summed E-state index contributed by atoms with van der Waals surface area (Å²) in [6, 6.07) is 0. The third-order valence-electron chi connectivity index (χ3n) is 1.93.